The summed E-state index contributed by atoms with van der Waals surface area (Å²) in [5.41, 5.74) is 6.86. The zero-order chi connectivity index (χ0) is 44.2. The number of nitrogens with zero attached hydrogens (tertiary/aromatic N) is 13. The van der Waals surface area contributed by atoms with E-state index >= 15 is 0 Å². The largest absolute Gasteiger partial charge is 0.378 e. The summed E-state index contributed by atoms with van der Waals surface area (Å²) < 4.78 is 21.5. The highest BCUT2D eigenvalue weighted by atomic mass is 15.2. The predicted octanol–water partition coefficient (Wildman–Crippen LogP) is 3.28. The molecule has 0 saturated heterocycles. The van der Waals surface area contributed by atoms with E-state index in [-0.39, 0.29) is 0 Å². The van der Waals surface area contributed by atoms with Crippen molar-refractivity contribution in [2.45, 2.75) is 0 Å². The lowest BCUT2D eigenvalue weighted by atomic mass is 10.1. The van der Waals surface area contributed by atoms with Gasteiger partial charge in [-0.25, -0.2) is 22.9 Å². The van der Waals surface area contributed by atoms with Gasteiger partial charge in [-0.15, -0.1) is 5.11 Å². The van der Waals surface area contributed by atoms with Crippen LogP contribution in [0.15, 0.2) is 157 Å². The quantitative estimate of drug-likeness (QED) is 0.172. The van der Waals surface area contributed by atoms with Crippen LogP contribution in [0, 0.1) is 0 Å². The summed E-state index contributed by atoms with van der Waals surface area (Å²) in [5, 5.41) is 15.8. The van der Waals surface area contributed by atoms with Crippen LogP contribution in [-0.2, 0) is 0 Å². The Bertz CT molecular complexity index is 2940. The van der Waals surface area contributed by atoms with Gasteiger partial charge in [0.1, 0.15) is 87.5 Å². The van der Waals surface area contributed by atoms with E-state index in [1.165, 1.54) is 0 Å². The number of anilines is 1. The molecule has 13 nitrogen and oxygen atoms in total. The number of rotatable bonds is 8. The third kappa shape index (κ3) is 8.87. The molecule has 13 heteroatoms. The van der Waals surface area contributed by atoms with Crippen LogP contribution in [0.1, 0.15) is 0 Å². The van der Waals surface area contributed by atoms with Crippen LogP contribution < -0.4 is 54.6 Å². The topological polar surface area (TPSA) is 67.7 Å². The molecule has 0 aliphatic heterocycles. The number of azo groups is 1. The van der Waals surface area contributed by atoms with E-state index in [9.17, 15) is 0 Å². The maximum Gasteiger partial charge on any atom is 0.202 e. The average Bonchev–Trinajstić information content (AvgIpc) is 3.27. The SMILES string of the molecule is CN(C)c1ccc(N=Nc2c(-n3ccc(=[N+](C)C)cc3)c(-n3ccc(=[N+](C)C)cc3)c(-n3ccc(=[N+](C)C)cc3)c(-n3ccc(=[N+](C)C)cc3)c2-n2ccc(=[N+](C)C)cc2)cc1. The fourth-order valence-corrected chi connectivity index (χ4v) is 7.24. The maximum atomic E-state index is 5.34. The zero-order valence-electron chi connectivity index (χ0n) is 38.2. The summed E-state index contributed by atoms with van der Waals surface area (Å²) in [4.78, 5) is 2.08. The Morgan fingerprint density at radius 1 is 0.323 bits per heavy atom. The van der Waals surface area contributed by atoms with Gasteiger partial charge in [-0.3, -0.25) is 0 Å². The molecular weight excluding hydrogens is 771 g/mol. The van der Waals surface area contributed by atoms with Gasteiger partial charge in [0.05, 0.1) is 22.7 Å². The Labute approximate surface area is 363 Å². The summed E-state index contributed by atoms with van der Waals surface area (Å²) in [6, 6.07) is 29.5. The molecule has 5 heterocycles. The van der Waals surface area contributed by atoms with Crippen LogP contribution in [0.4, 0.5) is 17.1 Å². The Kier molecular flexibility index (Phi) is 12.4. The van der Waals surface area contributed by atoms with Gasteiger partial charge in [0.25, 0.3) is 0 Å². The van der Waals surface area contributed by atoms with E-state index in [1.54, 1.807) is 0 Å². The van der Waals surface area contributed by atoms with E-state index in [4.69, 9.17) is 10.2 Å². The molecule has 0 radical (unpaired) electrons. The average molecular weight is 831 g/mol. The molecule has 0 N–H and O–H groups in total. The summed E-state index contributed by atoms with van der Waals surface area (Å²) >= 11 is 0. The molecule has 0 aliphatic carbocycles. The van der Waals surface area contributed by atoms with Crippen molar-refractivity contribution < 1.29 is 0 Å². The van der Waals surface area contributed by atoms with Crippen molar-refractivity contribution in [3.05, 3.63) is 174 Å². The number of pyridine rings is 5. The molecule has 5 aromatic heterocycles. The Morgan fingerprint density at radius 2 is 0.565 bits per heavy atom. The standard InChI is InChI=1S/C49H60N13/c1-52(2)38-15-13-37(14-16-38)50-51-44-45(58-27-17-39(18-28-58)53(3)4)47(60-31-21-41(22-32-60)55(7)8)49(62-35-25-43(26-36-62)57(11)12)48(61-33-23-42(24-34-61)56(9)10)46(44)59-29-19-40(20-30-59)54(5)6/h13-36H,1-12H3/q+5. The highest BCUT2D eigenvalue weighted by Gasteiger charge is 2.29. The molecule has 7 rings (SSSR count). The van der Waals surface area contributed by atoms with Crippen molar-refractivity contribution in [2.24, 2.45) is 10.2 Å². The number of hydrogen-bond donors (Lipinski definition) is 0. The van der Waals surface area contributed by atoms with Crippen LogP contribution in [-0.4, -0.2) is 107 Å². The van der Waals surface area contributed by atoms with E-state index in [1.807, 2.05) is 26.2 Å². The van der Waals surface area contributed by atoms with Crippen LogP contribution >= 0.6 is 0 Å². The van der Waals surface area contributed by atoms with Crippen LogP contribution in [0.2, 0.25) is 0 Å². The first kappa shape index (κ1) is 42.7. The molecule has 0 aliphatic rings. The number of aromatic nitrogens is 5. The fraction of sp³-hybridized carbons (Fsp3) is 0.245. The molecule has 62 heavy (non-hydrogen) atoms. The third-order valence-electron chi connectivity index (χ3n) is 10.9. The molecule has 0 unspecified atom stereocenters. The van der Waals surface area contributed by atoms with E-state index in [0.717, 1.165) is 66.6 Å². The smallest absolute Gasteiger partial charge is 0.202 e. The van der Waals surface area contributed by atoms with Crippen molar-refractivity contribution in [3.8, 4) is 28.4 Å². The maximum absolute atomic E-state index is 5.34. The third-order valence-corrected chi connectivity index (χ3v) is 10.9. The molecule has 0 bridgehead atoms. The van der Waals surface area contributed by atoms with Crippen LogP contribution in [0.5, 0.6) is 0 Å². The Morgan fingerprint density at radius 3 is 0.806 bits per heavy atom. The minimum Gasteiger partial charge on any atom is -0.378 e. The van der Waals surface area contributed by atoms with Crippen LogP contribution in [0.25, 0.3) is 28.4 Å². The summed E-state index contributed by atoms with van der Waals surface area (Å²) in [6.07, 6.45) is 21.2. The van der Waals surface area contributed by atoms with Crippen molar-refractivity contribution in [3.63, 3.8) is 0 Å². The van der Waals surface area contributed by atoms with Gasteiger partial charge in [-0.05, 0) is 24.3 Å². The van der Waals surface area contributed by atoms with Crippen molar-refractivity contribution in [2.75, 3.05) is 89.5 Å². The molecule has 2 aromatic carbocycles. The van der Waals surface area contributed by atoms with E-state index in [2.05, 4.69) is 256 Å². The molecule has 0 saturated carbocycles. The highest BCUT2D eigenvalue weighted by Crippen LogP contribution is 2.45. The first-order valence-corrected chi connectivity index (χ1v) is 20.6. The van der Waals surface area contributed by atoms with Gasteiger partial charge in [-0.1, -0.05) is 0 Å². The molecule has 0 atom stereocenters. The van der Waals surface area contributed by atoms with Gasteiger partial charge in [-0.2, -0.15) is 5.11 Å². The highest BCUT2D eigenvalue weighted by molar-refractivity contribution is 5.90. The summed E-state index contributed by atoms with van der Waals surface area (Å²) in [6.45, 7) is 0. The van der Waals surface area contributed by atoms with E-state index < -0.39 is 0 Å². The summed E-state index contributed by atoms with van der Waals surface area (Å²) in [7, 11) is 24.7. The second kappa shape index (κ2) is 18.1. The van der Waals surface area contributed by atoms with E-state index in [0.29, 0.717) is 5.69 Å². The second-order valence-corrected chi connectivity index (χ2v) is 16.5. The minimum absolute atomic E-state index is 0.666. The van der Waals surface area contributed by atoms with Crippen molar-refractivity contribution >= 4 is 17.1 Å². The minimum atomic E-state index is 0.666. The number of hydrogen-bond acceptors (Lipinski definition) is 3. The lowest BCUT2D eigenvalue weighted by Gasteiger charge is -2.28. The van der Waals surface area contributed by atoms with Crippen LogP contribution in [0.3, 0.4) is 0 Å². The van der Waals surface area contributed by atoms with Gasteiger partial charge < -0.3 is 27.7 Å². The summed E-state index contributed by atoms with van der Waals surface area (Å²) in [5.74, 6) is 0. The van der Waals surface area contributed by atoms with Crippen molar-refractivity contribution in [1.29, 1.82) is 0 Å². The van der Waals surface area contributed by atoms with Gasteiger partial charge in [0, 0.05) is 142 Å². The predicted molar refractivity (Wildman–Crippen MR) is 254 cm³/mol. The van der Waals surface area contributed by atoms with Gasteiger partial charge in [0.15, 0.2) is 0 Å². The lowest BCUT2D eigenvalue weighted by molar-refractivity contribution is 0.796. The fourth-order valence-electron chi connectivity index (χ4n) is 7.24. The molecule has 0 fully saturated rings. The molecule has 316 valence electrons. The Hall–Kier alpha value is -7.41. The first-order valence-electron chi connectivity index (χ1n) is 20.6. The monoisotopic (exact) mass is 831 g/mol. The lowest BCUT2D eigenvalue weighted by Crippen LogP contribution is -2.25. The second-order valence-electron chi connectivity index (χ2n) is 16.5. The molecule has 0 amide bonds. The first-order chi connectivity index (χ1) is 29.7. The van der Waals surface area contributed by atoms with Crippen molar-refractivity contribution in [1.82, 2.24) is 45.7 Å². The van der Waals surface area contributed by atoms with Gasteiger partial charge >= 0.3 is 0 Å². The molecular formula is C49H60N13+5. The molecule has 0 spiro atoms. The number of benzene rings is 2. The zero-order valence-corrected chi connectivity index (χ0v) is 38.2. The van der Waals surface area contributed by atoms with Gasteiger partial charge in [0.2, 0.25) is 26.8 Å². The Balaban J connectivity index is 1.79. The normalized spacial score (nSPS) is 11.2. The molecule has 7 aromatic rings.